The zero-order valence-electron chi connectivity index (χ0n) is 8.56. The summed E-state index contributed by atoms with van der Waals surface area (Å²) in [5, 5.41) is 21.1. The van der Waals surface area contributed by atoms with E-state index < -0.39 is 17.1 Å². The number of hydrogen-bond donors (Lipinski definition) is 1. The molecule has 1 rings (SSSR count). The Morgan fingerprint density at radius 3 is 2.50 bits per heavy atom. The second-order valence-electron chi connectivity index (χ2n) is 3.38. The average Bonchev–Trinajstić information content (AvgIpc) is 2.22. The topological polar surface area (TPSA) is 63.4 Å². The van der Waals surface area contributed by atoms with Crippen LogP contribution in [0.4, 0.5) is 0 Å². The van der Waals surface area contributed by atoms with Crippen LogP contribution in [0.2, 0.25) is 10.0 Å². The number of halogens is 2. The van der Waals surface area contributed by atoms with E-state index in [9.17, 15) is 15.2 Å². The zero-order chi connectivity index (χ0) is 12.3. The zero-order valence-corrected chi connectivity index (χ0v) is 10.1. The summed E-state index contributed by atoms with van der Waals surface area (Å²) in [6.45, 7) is 1.65. The summed E-state index contributed by atoms with van der Waals surface area (Å²) in [6, 6.07) is 3.46. The monoisotopic (exact) mass is 263 g/mol. The van der Waals surface area contributed by atoms with Gasteiger partial charge < -0.3 is 5.11 Å². The Labute approximate surface area is 103 Å². The van der Waals surface area contributed by atoms with Crippen LogP contribution in [0.25, 0.3) is 0 Å². The van der Waals surface area contributed by atoms with Gasteiger partial charge in [-0.25, -0.2) is 0 Å². The van der Waals surface area contributed by atoms with E-state index in [0.717, 1.165) is 0 Å². The first kappa shape index (κ1) is 13.2. The molecular weight excluding hydrogens is 253 g/mol. The lowest BCUT2D eigenvalue weighted by Gasteiger charge is -2.15. The molecule has 1 aromatic carbocycles. The molecule has 0 aliphatic rings. The van der Waals surface area contributed by atoms with Crippen LogP contribution in [0.15, 0.2) is 18.2 Å². The van der Waals surface area contributed by atoms with Crippen molar-refractivity contribution in [1.82, 2.24) is 0 Å². The number of rotatable bonds is 4. The first-order chi connectivity index (χ1) is 7.47. The van der Waals surface area contributed by atoms with Gasteiger partial charge in [-0.05, 0) is 17.7 Å². The highest BCUT2D eigenvalue weighted by Crippen LogP contribution is 2.28. The molecule has 0 fully saturated rings. The van der Waals surface area contributed by atoms with E-state index in [-0.39, 0.29) is 11.4 Å². The third-order valence-electron chi connectivity index (χ3n) is 2.34. The molecule has 88 valence electrons. The first-order valence-electron chi connectivity index (χ1n) is 4.73. The standard InChI is InChI=1S/C10H11Cl2NO3/c1-2-9(13(15)16)10(14)6-3-4-7(11)8(12)5-6/h3-5,9-10,14H,2H2,1H3. The Kier molecular flexibility index (Phi) is 4.53. The Morgan fingerprint density at radius 2 is 2.06 bits per heavy atom. The highest BCUT2D eigenvalue weighted by Gasteiger charge is 2.29. The third kappa shape index (κ3) is 2.84. The lowest BCUT2D eigenvalue weighted by Crippen LogP contribution is -2.26. The fourth-order valence-corrected chi connectivity index (χ4v) is 1.71. The molecule has 0 aromatic heterocycles. The van der Waals surface area contributed by atoms with Crippen molar-refractivity contribution in [3.8, 4) is 0 Å². The SMILES string of the molecule is CCC(C(O)c1ccc(Cl)c(Cl)c1)[N+](=O)[O-]. The quantitative estimate of drug-likeness (QED) is 0.671. The minimum absolute atomic E-state index is 0.244. The number of nitrogens with zero attached hydrogens (tertiary/aromatic N) is 1. The molecule has 0 amide bonds. The van der Waals surface area contributed by atoms with Gasteiger partial charge in [0.25, 0.3) is 0 Å². The van der Waals surface area contributed by atoms with E-state index in [2.05, 4.69) is 0 Å². The van der Waals surface area contributed by atoms with Crippen molar-refractivity contribution in [2.75, 3.05) is 0 Å². The van der Waals surface area contributed by atoms with E-state index in [1.165, 1.54) is 18.2 Å². The van der Waals surface area contributed by atoms with Gasteiger partial charge in [-0.2, -0.15) is 0 Å². The van der Waals surface area contributed by atoms with Crippen LogP contribution in [0.3, 0.4) is 0 Å². The van der Waals surface area contributed by atoms with Crippen LogP contribution in [-0.2, 0) is 0 Å². The molecule has 0 radical (unpaired) electrons. The molecule has 0 aliphatic carbocycles. The van der Waals surface area contributed by atoms with Gasteiger partial charge in [0.1, 0.15) is 6.10 Å². The lowest BCUT2D eigenvalue weighted by atomic mass is 10.0. The Hall–Kier alpha value is -0.840. The number of benzene rings is 1. The molecular formula is C10H11Cl2NO3. The van der Waals surface area contributed by atoms with Gasteiger partial charge in [-0.15, -0.1) is 0 Å². The number of aliphatic hydroxyl groups excluding tert-OH is 1. The van der Waals surface area contributed by atoms with Gasteiger partial charge in [0, 0.05) is 11.3 Å². The molecule has 1 N–H and O–H groups in total. The molecule has 2 atom stereocenters. The maximum absolute atomic E-state index is 10.7. The summed E-state index contributed by atoms with van der Waals surface area (Å²) in [4.78, 5) is 10.2. The summed E-state index contributed by atoms with van der Waals surface area (Å²) in [7, 11) is 0. The summed E-state index contributed by atoms with van der Waals surface area (Å²) in [5.74, 6) is 0. The predicted octanol–water partition coefficient (Wildman–Crippen LogP) is 3.08. The predicted molar refractivity (Wildman–Crippen MR) is 62.5 cm³/mol. The largest absolute Gasteiger partial charge is 0.381 e. The lowest BCUT2D eigenvalue weighted by molar-refractivity contribution is -0.536. The molecule has 1 aromatic rings. The van der Waals surface area contributed by atoms with Crippen LogP contribution < -0.4 is 0 Å². The molecule has 16 heavy (non-hydrogen) atoms. The molecule has 0 heterocycles. The van der Waals surface area contributed by atoms with Crippen LogP contribution in [-0.4, -0.2) is 16.1 Å². The van der Waals surface area contributed by atoms with Crippen molar-refractivity contribution >= 4 is 23.2 Å². The van der Waals surface area contributed by atoms with E-state index in [1.807, 2.05) is 0 Å². The van der Waals surface area contributed by atoms with Gasteiger partial charge in [0.05, 0.1) is 10.0 Å². The van der Waals surface area contributed by atoms with Crippen LogP contribution in [0.5, 0.6) is 0 Å². The van der Waals surface area contributed by atoms with Crippen molar-refractivity contribution in [3.05, 3.63) is 43.9 Å². The number of nitro groups is 1. The van der Waals surface area contributed by atoms with Crippen LogP contribution >= 0.6 is 23.2 Å². The number of aliphatic hydroxyl groups is 1. The molecule has 4 nitrogen and oxygen atoms in total. The van der Waals surface area contributed by atoms with Crippen molar-refractivity contribution < 1.29 is 10.0 Å². The Bertz CT molecular complexity index is 398. The minimum Gasteiger partial charge on any atom is -0.381 e. The molecule has 2 unspecified atom stereocenters. The average molecular weight is 264 g/mol. The van der Waals surface area contributed by atoms with E-state index in [0.29, 0.717) is 10.6 Å². The molecule has 0 spiro atoms. The Morgan fingerprint density at radius 1 is 1.44 bits per heavy atom. The van der Waals surface area contributed by atoms with E-state index in [4.69, 9.17) is 23.2 Å². The molecule has 6 heteroatoms. The normalized spacial score (nSPS) is 14.5. The van der Waals surface area contributed by atoms with Crippen LogP contribution in [0.1, 0.15) is 25.0 Å². The van der Waals surface area contributed by atoms with Crippen molar-refractivity contribution in [1.29, 1.82) is 0 Å². The van der Waals surface area contributed by atoms with Gasteiger partial charge in [0.2, 0.25) is 6.04 Å². The Balaban J connectivity index is 2.99. The maximum Gasteiger partial charge on any atom is 0.242 e. The smallest absolute Gasteiger partial charge is 0.242 e. The maximum atomic E-state index is 10.7. The van der Waals surface area contributed by atoms with Gasteiger partial charge in [-0.1, -0.05) is 36.2 Å². The van der Waals surface area contributed by atoms with E-state index >= 15 is 0 Å². The van der Waals surface area contributed by atoms with Crippen molar-refractivity contribution in [3.63, 3.8) is 0 Å². The minimum atomic E-state index is -1.17. The van der Waals surface area contributed by atoms with Crippen molar-refractivity contribution in [2.45, 2.75) is 25.5 Å². The molecule has 0 saturated heterocycles. The summed E-state index contributed by atoms with van der Waals surface area (Å²) < 4.78 is 0. The second kappa shape index (κ2) is 5.48. The van der Waals surface area contributed by atoms with E-state index in [1.54, 1.807) is 6.92 Å². The second-order valence-corrected chi connectivity index (χ2v) is 4.19. The molecule has 0 aliphatic heterocycles. The highest BCUT2D eigenvalue weighted by atomic mass is 35.5. The van der Waals surface area contributed by atoms with Crippen LogP contribution in [0, 0.1) is 10.1 Å². The summed E-state index contributed by atoms with van der Waals surface area (Å²) in [6.07, 6.45) is -0.927. The van der Waals surface area contributed by atoms with Gasteiger partial charge in [-0.3, -0.25) is 10.1 Å². The highest BCUT2D eigenvalue weighted by molar-refractivity contribution is 6.42. The van der Waals surface area contributed by atoms with Crippen molar-refractivity contribution in [2.24, 2.45) is 0 Å². The summed E-state index contributed by atoms with van der Waals surface area (Å²) >= 11 is 11.5. The van der Waals surface area contributed by atoms with Gasteiger partial charge >= 0.3 is 0 Å². The fraction of sp³-hybridized carbons (Fsp3) is 0.400. The fourth-order valence-electron chi connectivity index (χ4n) is 1.41. The number of hydrogen-bond acceptors (Lipinski definition) is 3. The molecule has 0 saturated carbocycles. The third-order valence-corrected chi connectivity index (χ3v) is 3.08. The molecule has 0 bridgehead atoms. The van der Waals surface area contributed by atoms with Gasteiger partial charge in [0.15, 0.2) is 0 Å². The first-order valence-corrected chi connectivity index (χ1v) is 5.49. The summed E-state index contributed by atoms with van der Waals surface area (Å²) in [5.41, 5.74) is 0.401.